The summed E-state index contributed by atoms with van der Waals surface area (Å²) in [5, 5.41) is 4.08. The third-order valence-electron chi connectivity index (χ3n) is 5.40. The summed E-state index contributed by atoms with van der Waals surface area (Å²) < 4.78 is 0. The number of hydrogen-bond acceptors (Lipinski definition) is 2. The Labute approximate surface area is 158 Å². The van der Waals surface area contributed by atoms with Crippen molar-refractivity contribution in [2.24, 2.45) is 5.73 Å². The summed E-state index contributed by atoms with van der Waals surface area (Å²) in [6.45, 7) is 1.89. The SMILES string of the molecule is Cc1ccc(C(N)=O)cc1NC(=O)c1cccc2c3c([nH]c12)CCCCC3. The number of aromatic amines is 1. The molecule has 1 aromatic heterocycles. The monoisotopic (exact) mass is 361 g/mol. The maximum Gasteiger partial charge on any atom is 0.257 e. The molecule has 2 aromatic carbocycles. The standard InChI is InChI=1S/C22H23N3O2/c1-13-10-11-14(21(23)26)12-19(13)25-22(27)17-8-5-7-16-15-6-3-2-4-9-18(15)24-20(16)17/h5,7-8,10-12,24H,2-4,6,9H2,1H3,(H2,23,26)(H,25,27). The molecule has 138 valence electrons. The fourth-order valence-electron chi connectivity index (χ4n) is 3.90. The minimum absolute atomic E-state index is 0.193. The number of carbonyl (C=O) groups excluding carboxylic acids is 2. The van der Waals surface area contributed by atoms with Gasteiger partial charge in [-0.3, -0.25) is 9.59 Å². The summed E-state index contributed by atoms with van der Waals surface area (Å²) in [6, 6.07) is 10.9. The van der Waals surface area contributed by atoms with Crippen LogP contribution in [-0.2, 0) is 12.8 Å². The molecule has 0 saturated heterocycles. The van der Waals surface area contributed by atoms with Crippen molar-refractivity contribution in [1.82, 2.24) is 4.98 Å². The van der Waals surface area contributed by atoms with Crippen molar-refractivity contribution in [1.29, 1.82) is 0 Å². The smallest absolute Gasteiger partial charge is 0.257 e. The highest BCUT2D eigenvalue weighted by Gasteiger charge is 2.19. The van der Waals surface area contributed by atoms with Crippen LogP contribution in [0.4, 0.5) is 5.69 Å². The van der Waals surface area contributed by atoms with Gasteiger partial charge in [-0.25, -0.2) is 0 Å². The maximum atomic E-state index is 13.0. The normalized spacial score (nSPS) is 13.8. The van der Waals surface area contributed by atoms with E-state index in [1.165, 1.54) is 30.5 Å². The first-order valence-electron chi connectivity index (χ1n) is 9.39. The Balaban J connectivity index is 1.72. The lowest BCUT2D eigenvalue weighted by atomic mass is 10.0. The first-order valence-corrected chi connectivity index (χ1v) is 9.39. The molecular weight excluding hydrogens is 338 g/mol. The zero-order valence-corrected chi connectivity index (χ0v) is 15.4. The first kappa shape index (κ1) is 17.3. The van der Waals surface area contributed by atoms with Crippen LogP contribution in [0.3, 0.4) is 0 Å². The maximum absolute atomic E-state index is 13.0. The summed E-state index contributed by atoms with van der Waals surface area (Å²) in [6.07, 6.45) is 5.71. The largest absolute Gasteiger partial charge is 0.366 e. The van der Waals surface area contributed by atoms with Gasteiger partial charge < -0.3 is 16.0 Å². The Morgan fingerprint density at radius 3 is 2.70 bits per heavy atom. The third kappa shape index (κ3) is 3.21. The Kier molecular flexibility index (Phi) is 4.44. The fourth-order valence-corrected chi connectivity index (χ4v) is 3.90. The van der Waals surface area contributed by atoms with Gasteiger partial charge >= 0.3 is 0 Å². The summed E-state index contributed by atoms with van der Waals surface area (Å²) >= 11 is 0. The highest BCUT2D eigenvalue weighted by atomic mass is 16.2. The van der Waals surface area contributed by atoms with Crippen molar-refractivity contribution in [3.63, 3.8) is 0 Å². The van der Waals surface area contributed by atoms with Crippen molar-refractivity contribution >= 4 is 28.4 Å². The molecule has 5 heteroatoms. The van der Waals surface area contributed by atoms with E-state index in [0.717, 1.165) is 29.3 Å². The molecule has 0 spiro atoms. The molecule has 4 N–H and O–H groups in total. The number of nitrogens with one attached hydrogen (secondary N) is 2. The molecule has 0 atom stereocenters. The lowest BCUT2D eigenvalue weighted by molar-refractivity contribution is 0.0996. The molecule has 5 nitrogen and oxygen atoms in total. The number of H-pyrrole nitrogens is 1. The average Bonchev–Trinajstić information content (AvgIpc) is 2.84. The molecule has 1 aliphatic carbocycles. The Morgan fingerprint density at radius 2 is 1.89 bits per heavy atom. The van der Waals surface area contributed by atoms with Gasteiger partial charge in [0.2, 0.25) is 5.91 Å². The van der Waals surface area contributed by atoms with Crippen LogP contribution >= 0.6 is 0 Å². The van der Waals surface area contributed by atoms with Crippen molar-refractivity contribution in [3.8, 4) is 0 Å². The summed E-state index contributed by atoms with van der Waals surface area (Å²) in [5.41, 5.74) is 11.3. The second kappa shape index (κ2) is 6.91. The highest BCUT2D eigenvalue weighted by molar-refractivity contribution is 6.13. The number of amides is 2. The van der Waals surface area contributed by atoms with Gasteiger partial charge in [0, 0.05) is 22.3 Å². The number of aromatic nitrogens is 1. The van der Waals surface area contributed by atoms with Crippen molar-refractivity contribution in [2.45, 2.75) is 39.0 Å². The molecule has 4 rings (SSSR count). The molecule has 0 saturated carbocycles. The second-order valence-corrected chi connectivity index (χ2v) is 7.22. The zero-order valence-electron chi connectivity index (χ0n) is 15.4. The van der Waals surface area contributed by atoms with Crippen molar-refractivity contribution < 1.29 is 9.59 Å². The third-order valence-corrected chi connectivity index (χ3v) is 5.40. The van der Waals surface area contributed by atoms with E-state index in [2.05, 4.69) is 16.4 Å². The quantitative estimate of drug-likeness (QED) is 0.613. The number of aryl methyl sites for hydroxylation is 3. The molecule has 0 unspecified atom stereocenters. The predicted octanol–water partition coefficient (Wildman–Crippen LogP) is 4.10. The lowest BCUT2D eigenvalue weighted by Crippen LogP contribution is -2.15. The van der Waals surface area contributed by atoms with Gasteiger partial charge in [0.15, 0.2) is 0 Å². The Hall–Kier alpha value is -3.08. The van der Waals surface area contributed by atoms with Gasteiger partial charge in [-0.2, -0.15) is 0 Å². The van der Waals surface area contributed by atoms with Gasteiger partial charge in [0.1, 0.15) is 0 Å². The van der Waals surface area contributed by atoms with Crippen molar-refractivity contribution in [2.75, 3.05) is 5.32 Å². The average molecular weight is 361 g/mol. The van der Waals surface area contributed by atoms with Crippen LogP contribution < -0.4 is 11.1 Å². The highest BCUT2D eigenvalue weighted by Crippen LogP contribution is 2.30. The first-order chi connectivity index (χ1) is 13.0. The molecule has 2 amide bonds. The van der Waals surface area contributed by atoms with Crippen LogP contribution in [0.2, 0.25) is 0 Å². The van der Waals surface area contributed by atoms with Gasteiger partial charge in [-0.15, -0.1) is 0 Å². The zero-order chi connectivity index (χ0) is 19.0. The fraction of sp³-hybridized carbons (Fsp3) is 0.273. The molecule has 0 fully saturated rings. The summed E-state index contributed by atoms with van der Waals surface area (Å²) in [7, 11) is 0. The predicted molar refractivity (Wildman–Crippen MR) is 107 cm³/mol. The molecule has 0 bridgehead atoms. The van der Waals surface area contributed by atoms with E-state index in [-0.39, 0.29) is 5.91 Å². The Bertz CT molecular complexity index is 1050. The van der Waals surface area contributed by atoms with Gasteiger partial charge in [-0.05, 0) is 61.9 Å². The van der Waals surface area contributed by atoms with Crippen LogP contribution in [0.25, 0.3) is 10.9 Å². The van der Waals surface area contributed by atoms with Crippen LogP contribution in [0.15, 0.2) is 36.4 Å². The molecule has 3 aromatic rings. The number of carbonyl (C=O) groups is 2. The number of nitrogens with two attached hydrogens (primary N) is 1. The summed E-state index contributed by atoms with van der Waals surface area (Å²) in [4.78, 5) is 27.9. The molecule has 0 radical (unpaired) electrons. The van der Waals surface area contributed by atoms with E-state index in [1.807, 2.05) is 19.1 Å². The molecular formula is C22H23N3O2. The minimum Gasteiger partial charge on any atom is -0.366 e. The van der Waals surface area contributed by atoms with Gasteiger partial charge in [0.05, 0.1) is 11.1 Å². The van der Waals surface area contributed by atoms with E-state index < -0.39 is 5.91 Å². The number of fused-ring (bicyclic) bond motifs is 3. The molecule has 1 heterocycles. The van der Waals surface area contributed by atoms with Crippen LogP contribution in [-0.4, -0.2) is 16.8 Å². The topological polar surface area (TPSA) is 88.0 Å². The number of hydrogen-bond donors (Lipinski definition) is 3. The molecule has 0 aliphatic heterocycles. The van der Waals surface area contributed by atoms with Crippen molar-refractivity contribution in [3.05, 3.63) is 64.3 Å². The van der Waals surface area contributed by atoms with Crippen LogP contribution in [0.1, 0.15) is 56.8 Å². The lowest BCUT2D eigenvalue weighted by Gasteiger charge is -2.10. The van der Waals surface area contributed by atoms with Gasteiger partial charge in [0.25, 0.3) is 5.91 Å². The van der Waals surface area contributed by atoms with E-state index in [9.17, 15) is 9.59 Å². The summed E-state index contributed by atoms with van der Waals surface area (Å²) in [5.74, 6) is -0.706. The number of anilines is 1. The molecule has 1 aliphatic rings. The number of benzene rings is 2. The van der Waals surface area contributed by atoms with Crippen LogP contribution in [0.5, 0.6) is 0 Å². The molecule has 27 heavy (non-hydrogen) atoms. The van der Waals surface area contributed by atoms with E-state index in [1.54, 1.807) is 18.2 Å². The van der Waals surface area contributed by atoms with Gasteiger partial charge in [-0.1, -0.05) is 24.6 Å². The number of rotatable bonds is 3. The van der Waals surface area contributed by atoms with E-state index >= 15 is 0 Å². The minimum atomic E-state index is -0.513. The van der Waals surface area contributed by atoms with Crippen LogP contribution in [0, 0.1) is 6.92 Å². The number of para-hydroxylation sites is 1. The number of primary amides is 1. The van der Waals surface area contributed by atoms with E-state index in [0.29, 0.717) is 16.8 Å². The Morgan fingerprint density at radius 1 is 1.07 bits per heavy atom. The van der Waals surface area contributed by atoms with E-state index in [4.69, 9.17) is 5.73 Å². The second-order valence-electron chi connectivity index (χ2n) is 7.22.